The number of benzene rings is 2. The molecule has 0 heterocycles. The van der Waals surface area contributed by atoms with Gasteiger partial charge in [-0.15, -0.1) is 0 Å². The van der Waals surface area contributed by atoms with Crippen LogP contribution < -0.4 is 10.6 Å². The van der Waals surface area contributed by atoms with Gasteiger partial charge in [-0.2, -0.15) is 13.2 Å². The lowest BCUT2D eigenvalue weighted by atomic mass is 10.2. The van der Waals surface area contributed by atoms with Crippen molar-refractivity contribution in [2.24, 2.45) is 0 Å². The molecule has 0 aliphatic rings. The number of anilines is 2. The second-order valence-electron chi connectivity index (χ2n) is 5.26. The van der Waals surface area contributed by atoms with E-state index in [1.807, 2.05) is 6.92 Å². The molecule has 7 heteroatoms. The Kier molecular flexibility index (Phi) is 5.72. The van der Waals surface area contributed by atoms with Gasteiger partial charge in [-0.25, -0.2) is 0 Å². The summed E-state index contributed by atoms with van der Waals surface area (Å²) in [6, 6.07) is 10.0. The number of rotatable bonds is 5. The predicted octanol–water partition coefficient (Wildman–Crippen LogP) is 5.11. The first-order valence-corrected chi connectivity index (χ1v) is 7.60. The number of carbonyl (C=O) groups is 1. The molecule has 0 radical (unpaired) electrons. The van der Waals surface area contributed by atoms with E-state index in [4.69, 9.17) is 11.6 Å². The summed E-state index contributed by atoms with van der Waals surface area (Å²) in [7, 11) is 0. The highest BCUT2D eigenvalue weighted by atomic mass is 35.5. The first-order chi connectivity index (χ1) is 11.3. The van der Waals surface area contributed by atoms with Crippen molar-refractivity contribution in [2.45, 2.75) is 19.5 Å². The summed E-state index contributed by atoms with van der Waals surface area (Å²) >= 11 is 5.88. The molecule has 0 atom stereocenters. The van der Waals surface area contributed by atoms with Gasteiger partial charge in [-0.1, -0.05) is 23.7 Å². The normalized spacial score (nSPS) is 11.2. The van der Waals surface area contributed by atoms with Crippen molar-refractivity contribution in [3.05, 3.63) is 58.6 Å². The first-order valence-electron chi connectivity index (χ1n) is 7.23. The predicted molar refractivity (Wildman–Crippen MR) is 89.4 cm³/mol. The molecule has 2 rings (SSSR count). The van der Waals surface area contributed by atoms with Crippen LogP contribution in [0.15, 0.2) is 42.5 Å². The van der Waals surface area contributed by atoms with E-state index in [9.17, 15) is 18.0 Å². The van der Waals surface area contributed by atoms with Crippen LogP contribution in [-0.4, -0.2) is 12.5 Å². The van der Waals surface area contributed by atoms with E-state index in [-0.39, 0.29) is 18.9 Å². The van der Waals surface area contributed by atoms with E-state index < -0.39 is 11.7 Å². The Hall–Kier alpha value is -2.21. The summed E-state index contributed by atoms with van der Waals surface area (Å²) in [6.45, 7) is 2.06. The Labute approximate surface area is 142 Å². The Morgan fingerprint density at radius 1 is 1.17 bits per heavy atom. The fraction of sp³-hybridized carbons (Fsp3) is 0.235. The number of aryl methyl sites for hydroxylation is 1. The lowest BCUT2D eigenvalue weighted by Gasteiger charge is -2.11. The minimum absolute atomic E-state index is 0.113. The number of halogens is 4. The fourth-order valence-electron chi connectivity index (χ4n) is 2.07. The van der Waals surface area contributed by atoms with Crippen molar-refractivity contribution in [2.75, 3.05) is 17.2 Å². The highest BCUT2D eigenvalue weighted by Crippen LogP contribution is 2.30. The molecule has 3 nitrogen and oxygen atoms in total. The number of carbonyl (C=O) groups excluding carboxylic acids is 1. The van der Waals surface area contributed by atoms with Gasteiger partial charge in [-0.3, -0.25) is 4.79 Å². The molecule has 2 aromatic carbocycles. The first kappa shape index (κ1) is 18.1. The van der Waals surface area contributed by atoms with Crippen LogP contribution in [0, 0.1) is 6.92 Å². The third-order valence-electron chi connectivity index (χ3n) is 3.34. The van der Waals surface area contributed by atoms with E-state index in [0.29, 0.717) is 16.4 Å². The summed E-state index contributed by atoms with van der Waals surface area (Å²) < 4.78 is 37.9. The Morgan fingerprint density at radius 2 is 1.92 bits per heavy atom. The maximum absolute atomic E-state index is 12.6. The summed E-state index contributed by atoms with van der Waals surface area (Å²) in [5.41, 5.74) is 1.08. The van der Waals surface area contributed by atoms with Crippen molar-refractivity contribution in [3.8, 4) is 0 Å². The topological polar surface area (TPSA) is 41.1 Å². The van der Waals surface area contributed by atoms with Crippen molar-refractivity contribution in [1.29, 1.82) is 0 Å². The van der Waals surface area contributed by atoms with Gasteiger partial charge in [0, 0.05) is 29.4 Å². The molecule has 0 spiro atoms. The quantitative estimate of drug-likeness (QED) is 0.781. The highest BCUT2D eigenvalue weighted by Gasteiger charge is 2.30. The molecular weight excluding hydrogens is 341 g/mol. The zero-order valence-electron chi connectivity index (χ0n) is 12.9. The molecule has 0 saturated heterocycles. The fourth-order valence-corrected chi connectivity index (χ4v) is 2.24. The van der Waals surface area contributed by atoms with Gasteiger partial charge in [0.25, 0.3) is 0 Å². The SMILES string of the molecule is Cc1ccc(Cl)cc1NC(=O)CCNc1cccc(C(F)(F)F)c1. The number of hydrogen-bond donors (Lipinski definition) is 2. The van der Waals surface area contributed by atoms with E-state index in [1.165, 1.54) is 12.1 Å². The third-order valence-corrected chi connectivity index (χ3v) is 3.58. The smallest absolute Gasteiger partial charge is 0.385 e. The largest absolute Gasteiger partial charge is 0.416 e. The van der Waals surface area contributed by atoms with Gasteiger partial charge in [0.15, 0.2) is 0 Å². The number of alkyl halides is 3. The molecule has 0 bridgehead atoms. The van der Waals surface area contributed by atoms with E-state index >= 15 is 0 Å². The molecule has 0 fully saturated rings. The second-order valence-corrected chi connectivity index (χ2v) is 5.70. The van der Waals surface area contributed by atoms with Crippen molar-refractivity contribution >= 4 is 28.9 Å². The molecule has 128 valence electrons. The zero-order valence-corrected chi connectivity index (χ0v) is 13.6. The molecule has 0 aromatic heterocycles. The highest BCUT2D eigenvalue weighted by molar-refractivity contribution is 6.31. The van der Waals surface area contributed by atoms with Gasteiger partial charge in [-0.05, 0) is 42.8 Å². The third kappa shape index (κ3) is 5.16. The maximum atomic E-state index is 12.6. The van der Waals surface area contributed by atoms with Crippen LogP contribution in [0.2, 0.25) is 5.02 Å². The summed E-state index contributed by atoms with van der Waals surface area (Å²) in [6.07, 6.45) is -4.28. The van der Waals surface area contributed by atoms with Crippen LogP contribution in [0.3, 0.4) is 0 Å². The van der Waals surface area contributed by atoms with Crippen LogP contribution in [-0.2, 0) is 11.0 Å². The van der Waals surface area contributed by atoms with Gasteiger partial charge in [0.1, 0.15) is 0 Å². The van der Waals surface area contributed by atoms with Crippen LogP contribution in [0.25, 0.3) is 0 Å². The molecule has 1 amide bonds. The second kappa shape index (κ2) is 7.57. The Bertz CT molecular complexity index is 732. The average molecular weight is 357 g/mol. The summed E-state index contributed by atoms with van der Waals surface area (Å²) in [5.74, 6) is -0.250. The van der Waals surface area contributed by atoms with Crippen LogP contribution in [0.5, 0.6) is 0 Å². The number of amides is 1. The lowest BCUT2D eigenvalue weighted by molar-refractivity contribution is -0.137. The molecule has 24 heavy (non-hydrogen) atoms. The molecule has 0 aliphatic heterocycles. The molecule has 0 saturated carbocycles. The minimum atomic E-state index is -4.39. The monoisotopic (exact) mass is 356 g/mol. The molecule has 2 aromatic rings. The van der Waals surface area contributed by atoms with Crippen LogP contribution >= 0.6 is 11.6 Å². The van der Waals surface area contributed by atoms with Gasteiger partial charge < -0.3 is 10.6 Å². The molecular formula is C17H16ClF3N2O. The molecule has 0 unspecified atom stereocenters. The van der Waals surface area contributed by atoms with Crippen molar-refractivity contribution in [3.63, 3.8) is 0 Å². The van der Waals surface area contributed by atoms with E-state index in [2.05, 4.69) is 10.6 Å². The van der Waals surface area contributed by atoms with Gasteiger partial charge >= 0.3 is 6.18 Å². The summed E-state index contributed by atoms with van der Waals surface area (Å²) in [4.78, 5) is 11.9. The molecule has 2 N–H and O–H groups in total. The van der Waals surface area contributed by atoms with Crippen molar-refractivity contribution < 1.29 is 18.0 Å². The zero-order chi connectivity index (χ0) is 17.7. The maximum Gasteiger partial charge on any atom is 0.416 e. The Morgan fingerprint density at radius 3 is 2.62 bits per heavy atom. The standard InChI is InChI=1S/C17H16ClF3N2O/c1-11-5-6-13(18)10-15(11)23-16(24)7-8-22-14-4-2-3-12(9-14)17(19,20)21/h2-6,9-10,22H,7-8H2,1H3,(H,23,24). The van der Waals surface area contributed by atoms with E-state index in [0.717, 1.165) is 17.7 Å². The van der Waals surface area contributed by atoms with E-state index in [1.54, 1.807) is 18.2 Å². The van der Waals surface area contributed by atoms with Gasteiger partial charge in [0.05, 0.1) is 5.56 Å². The minimum Gasteiger partial charge on any atom is -0.385 e. The van der Waals surface area contributed by atoms with Crippen LogP contribution in [0.1, 0.15) is 17.5 Å². The molecule has 0 aliphatic carbocycles. The summed E-state index contributed by atoms with van der Waals surface area (Å²) in [5, 5.41) is 6.05. The lowest BCUT2D eigenvalue weighted by Crippen LogP contribution is -2.17. The van der Waals surface area contributed by atoms with Crippen molar-refractivity contribution in [1.82, 2.24) is 0 Å². The Balaban J connectivity index is 1.88. The number of nitrogens with one attached hydrogen (secondary N) is 2. The van der Waals surface area contributed by atoms with Crippen LogP contribution in [0.4, 0.5) is 24.5 Å². The van der Waals surface area contributed by atoms with Gasteiger partial charge in [0.2, 0.25) is 5.91 Å². The average Bonchev–Trinajstić information content (AvgIpc) is 2.50. The number of hydrogen-bond acceptors (Lipinski definition) is 2.